The molecule has 0 radical (unpaired) electrons. The van der Waals surface area contributed by atoms with Crippen molar-refractivity contribution in [3.05, 3.63) is 64.7 Å². The number of carbonyl (C=O) groups is 5. The van der Waals surface area contributed by atoms with Crippen LogP contribution in [0.2, 0.25) is 0 Å². The minimum atomic E-state index is -2.96. The van der Waals surface area contributed by atoms with E-state index in [1.165, 1.54) is 12.1 Å². The quantitative estimate of drug-likeness (QED) is 0.444. The summed E-state index contributed by atoms with van der Waals surface area (Å²) < 4.78 is 0. The zero-order valence-corrected chi connectivity index (χ0v) is 19.2. The second kappa shape index (κ2) is 8.04. The molecule has 2 aromatic carbocycles. The number of aromatic hydroxyl groups is 1. The first-order valence-electron chi connectivity index (χ1n) is 11.4. The standard InChI is InChI=1S/C27H23NO8/c1-11-5-7-12(8-6-11)9-14-13-3-2-4-16(29)18(13)23(32)21-19(14)22(31)15-10-17(30)20(26(28)35)24(33)27(15,36)25(21)34/h2-9,15,19-22,29,31,36H,10H2,1H3,(H2,28,35)/t15-,19-,20?,21?,22-,27-/m1/s1. The molecule has 2 unspecified atom stereocenters. The Labute approximate surface area is 205 Å². The number of aliphatic hydroxyl groups excluding tert-OH is 1. The van der Waals surface area contributed by atoms with Gasteiger partial charge in [0.05, 0.1) is 17.6 Å². The molecule has 1 amide bonds. The number of rotatable bonds is 2. The lowest BCUT2D eigenvalue weighted by Crippen LogP contribution is -2.72. The minimum Gasteiger partial charge on any atom is -0.507 e. The Bertz CT molecular complexity index is 1390. The smallest absolute Gasteiger partial charge is 0.235 e. The van der Waals surface area contributed by atoms with Crippen LogP contribution in [0, 0.1) is 30.6 Å². The molecule has 3 aliphatic carbocycles. The molecule has 36 heavy (non-hydrogen) atoms. The highest BCUT2D eigenvalue weighted by atomic mass is 16.3. The van der Waals surface area contributed by atoms with E-state index in [-0.39, 0.29) is 5.56 Å². The molecule has 5 rings (SSSR count). The molecular weight excluding hydrogens is 466 g/mol. The van der Waals surface area contributed by atoms with Gasteiger partial charge in [0.2, 0.25) is 5.91 Å². The average Bonchev–Trinajstić information content (AvgIpc) is 2.82. The van der Waals surface area contributed by atoms with Crippen LogP contribution in [0.1, 0.15) is 33.5 Å². The third-order valence-electron chi connectivity index (χ3n) is 7.64. The fourth-order valence-electron chi connectivity index (χ4n) is 5.88. The van der Waals surface area contributed by atoms with Crippen LogP contribution in [0.5, 0.6) is 5.75 Å². The van der Waals surface area contributed by atoms with Crippen molar-refractivity contribution in [2.75, 3.05) is 0 Å². The number of amides is 1. The van der Waals surface area contributed by atoms with Gasteiger partial charge in [0.1, 0.15) is 5.75 Å². The minimum absolute atomic E-state index is 0.175. The van der Waals surface area contributed by atoms with Gasteiger partial charge in [-0.05, 0) is 29.7 Å². The van der Waals surface area contributed by atoms with E-state index in [1.807, 2.05) is 19.1 Å². The molecule has 2 aromatic rings. The summed E-state index contributed by atoms with van der Waals surface area (Å²) in [6, 6.07) is 11.7. The van der Waals surface area contributed by atoms with Gasteiger partial charge < -0.3 is 21.1 Å². The number of phenolic OH excluding ortho intramolecular Hbond substituents is 1. The van der Waals surface area contributed by atoms with Crippen LogP contribution in [0.4, 0.5) is 0 Å². The Morgan fingerprint density at radius 1 is 1.06 bits per heavy atom. The summed E-state index contributed by atoms with van der Waals surface area (Å²) in [5.41, 5.74) is 4.37. The van der Waals surface area contributed by atoms with E-state index in [4.69, 9.17) is 5.73 Å². The van der Waals surface area contributed by atoms with Crippen LogP contribution >= 0.6 is 0 Å². The van der Waals surface area contributed by atoms with Crippen molar-refractivity contribution in [1.82, 2.24) is 0 Å². The number of phenols is 1. The number of hydrogen-bond acceptors (Lipinski definition) is 8. The SMILES string of the molecule is Cc1ccc(C=C2c3cccc(O)c3C(=O)C3C(=O)[C@]4(O)C(=O)C(C(N)=O)C(=O)C[C@@H]4[C@@H](O)[C@H]23)cc1. The summed E-state index contributed by atoms with van der Waals surface area (Å²) in [6.07, 6.45) is -0.651. The average molecular weight is 489 g/mol. The van der Waals surface area contributed by atoms with E-state index in [2.05, 4.69) is 0 Å². The molecule has 0 heterocycles. The van der Waals surface area contributed by atoms with Crippen LogP contribution in [0.25, 0.3) is 11.6 Å². The molecule has 9 nitrogen and oxygen atoms in total. The maximum Gasteiger partial charge on any atom is 0.235 e. The lowest BCUT2D eigenvalue weighted by molar-refractivity contribution is -0.185. The Morgan fingerprint density at radius 2 is 1.72 bits per heavy atom. The zero-order chi connectivity index (χ0) is 26.1. The molecule has 5 N–H and O–H groups in total. The fourth-order valence-corrected chi connectivity index (χ4v) is 5.88. The molecule has 6 atom stereocenters. The van der Waals surface area contributed by atoms with Crippen molar-refractivity contribution in [3.8, 4) is 5.75 Å². The number of hydrogen-bond donors (Lipinski definition) is 4. The summed E-state index contributed by atoms with van der Waals surface area (Å²) in [6.45, 7) is 1.90. The molecular formula is C27H23NO8. The monoisotopic (exact) mass is 489 g/mol. The van der Waals surface area contributed by atoms with E-state index in [1.54, 1.807) is 24.3 Å². The first-order chi connectivity index (χ1) is 17.0. The van der Waals surface area contributed by atoms with Gasteiger partial charge in [0.15, 0.2) is 34.7 Å². The third-order valence-corrected chi connectivity index (χ3v) is 7.64. The van der Waals surface area contributed by atoms with Crippen molar-refractivity contribution in [3.63, 3.8) is 0 Å². The Hall–Kier alpha value is -3.95. The Balaban J connectivity index is 1.74. The van der Waals surface area contributed by atoms with E-state index < -0.39 is 76.6 Å². The molecule has 3 aliphatic rings. The van der Waals surface area contributed by atoms with Gasteiger partial charge in [-0.2, -0.15) is 0 Å². The first-order valence-corrected chi connectivity index (χ1v) is 11.4. The van der Waals surface area contributed by atoms with Crippen LogP contribution < -0.4 is 5.73 Å². The summed E-state index contributed by atoms with van der Waals surface area (Å²) in [5.74, 6) is -12.7. The van der Waals surface area contributed by atoms with E-state index in [0.29, 0.717) is 16.7 Å². The fraction of sp³-hybridized carbons (Fsp3) is 0.296. The molecule has 2 fully saturated rings. The number of fused-ring (bicyclic) bond motifs is 3. The van der Waals surface area contributed by atoms with Gasteiger partial charge in [-0.3, -0.25) is 24.0 Å². The predicted molar refractivity (Wildman–Crippen MR) is 125 cm³/mol. The van der Waals surface area contributed by atoms with Crippen LogP contribution in [-0.2, 0) is 19.2 Å². The third kappa shape index (κ3) is 3.13. The van der Waals surface area contributed by atoms with Crippen molar-refractivity contribution in [1.29, 1.82) is 0 Å². The number of primary amides is 1. The lowest BCUT2D eigenvalue weighted by Gasteiger charge is -2.51. The van der Waals surface area contributed by atoms with Crippen molar-refractivity contribution < 1.29 is 39.3 Å². The lowest BCUT2D eigenvalue weighted by atomic mass is 9.51. The molecule has 9 heteroatoms. The molecule has 184 valence electrons. The Kier molecular flexibility index (Phi) is 5.31. The molecule has 2 saturated carbocycles. The summed E-state index contributed by atoms with van der Waals surface area (Å²) >= 11 is 0. The van der Waals surface area contributed by atoms with Crippen molar-refractivity contribution >= 4 is 40.7 Å². The maximum atomic E-state index is 13.7. The zero-order valence-electron chi connectivity index (χ0n) is 19.2. The van der Waals surface area contributed by atoms with E-state index in [9.17, 15) is 39.3 Å². The highest BCUT2D eigenvalue weighted by Crippen LogP contribution is 2.54. The van der Waals surface area contributed by atoms with Gasteiger partial charge in [-0.1, -0.05) is 48.0 Å². The van der Waals surface area contributed by atoms with Crippen LogP contribution in [0.15, 0.2) is 42.5 Å². The second-order valence-corrected chi connectivity index (χ2v) is 9.68. The van der Waals surface area contributed by atoms with Gasteiger partial charge >= 0.3 is 0 Å². The number of aryl methyl sites for hydroxylation is 1. The van der Waals surface area contributed by atoms with Crippen molar-refractivity contribution in [2.45, 2.75) is 25.0 Å². The molecule has 0 spiro atoms. The summed E-state index contributed by atoms with van der Waals surface area (Å²) in [5, 5.41) is 33.4. The number of benzene rings is 2. The van der Waals surface area contributed by atoms with E-state index in [0.717, 1.165) is 5.56 Å². The molecule has 0 saturated heterocycles. The van der Waals surface area contributed by atoms with Gasteiger partial charge in [0, 0.05) is 18.3 Å². The number of nitrogens with two attached hydrogens (primary N) is 1. The maximum absolute atomic E-state index is 13.7. The van der Waals surface area contributed by atoms with Gasteiger partial charge in [-0.15, -0.1) is 0 Å². The Morgan fingerprint density at radius 3 is 2.36 bits per heavy atom. The van der Waals surface area contributed by atoms with Crippen LogP contribution in [0.3, 0.4) is 0 Å². The number of ketones is 4. The number of aliphatic hydroxyl groups is 2. The second-order valence-electron chi connectivity index (χ2n) is 9.68. The summed E-state index contributed by atoms with van der Waals surface area (Å²) in [4.78, 5) is 64.8. The van der Waals surface area contributed by atoms with Crippen molar-refractivity contribution in [2.24, 2.45) is 29.4 Å². The molecule has 0 bridgehead atoms. The van der Waals surface area contributed by atoms with E-state index >= 15 is 0 Å². The van der Waals surface area contributed by atoms with Crippen LogP contribution in [-0.4, -0.2) is 56.1 Å². The largest absolute Gasteiger partial charge is 0.507 e. The molecule has 0 aliphatic heterocycles. The topological polar surface area (TPSA) is 172 Å². The normalized spacial score (nSPS) is 32.6. The van der Waals surface area contributed by atoms with Gasteiger partial charge in [-0.25, -0.2) is 0 Å². The summed E-state index contributed by atoms with van der Waals surface area (Å²) in [7, 11) is 0. The number of carbonyl (C=O) groups excluding carboxylic acids is 5. The van der Waals surface area contributed by atoms with Gasteiger partial charge in [0.25, 0.3) is 0 Å². The number of Topliss-reactive ketones (excluding diaryl/α,β-unsaturated/α-hetero) is 4. The first kappa shape index (κ1) is 23.8. The highest BCUT2D eigenvalue weighted by Gasteiger charge is 2.69. The molecule has 0 aromatic heterocycles. The highest BCUT2D eigenvalue weighted by molar-refractivity contribution is 6.32. The predicted octanol–water partition coefficient (Wildman–Crippen LogP) is 0.604.